The van der Waals surface area contributed by atoms with Gasteiger partial charge in [0.15, 0.2) is 9.84 Å². The SMILES string of the molecule is COc1cc(N)ccc1S(=O)(=O)Cc1ccccc1C#N. The molecule has 0 atom stereocenters. The Kier molecular flexibility index (Phi) is 4.15. The van der Waals surface area contributed by atoms with Crippen LogP contribution in [0.4, 0.5) is 5.69 Å². The Balaban J connectivity index is 2.47. The molecule has 108 valence electrons. The van der Waals surface area contributed by atoms with Crippen molar-refractivity contribution in [2.45, 2.75) is 10.6 Å². The molecule has 0 radical (unpaired) electrons. The second kappa shape index (κ2) is 5.85. The fourth-order valence-corrected chi connectivity index (χ4v) is 3.52. The molecule has 2 aromatic rings. The number of nitrogen functional groups attached to an aromatic ring is 1. The molecule has 2 aromatic carbocycles. The quantitative estimate of drug-likeness (QED) is 0.873. The molecule has 0 saturated heterocycles. The minimum absolute atomic E-state index is 0.0620. The lowest BCUT2D eigenvalue weighted by atomic mass is 10.1. The standard InChI is InChI=1S/C15H14N2O3S/c1-20-14-8-13(17)6-7-15(14)21(18,19)10-12-5-3-2-4-11(12)9-16/h2-8H,10,17H2,1H3. The van der Waals surface area contributed by atoms with Gasteiger partial charge in [-0.05, 0) is 23.8 Å². The van der Waals surface area contributed by atoms with E-state index < -0.39 is 9.84 Å². The first kappa shape index (κ1) is 14.9. The summed E-state index contributed by atoms with van der Waals surface area (Å²) >= 11 is 0. The molecule has 0 bridgehead atoms. The van der Waals surface area contributed by atoms with E-state index in [1.807, 2.05) is 6.07 Å². The van der Waals surface area contributed by atoms with Gasteiger partial charge >= 0.3 is 0 Å². The van der Waals surface area contributed by atoms with Crippen molar-refractivity contribution in [3.05, 3.63) is 53.6 Å². The normalized spacial score (nSPS) is 10.9. The van der Waals surface area contributed by atoms with E-state index in [1.54, 1.807) is 24.3 Å². The first-order chi connectivity index (χ1) is 9.97. The molecule has 0 spiro atoms. The third-order valence-corrected chi connectivity index (χ3v) is 4.70. The van der Waals surface area contributed by atoms with E-state index in [9.17, 15) is 8.42 Å². The van der Waals surface area contributed by atoms with Crippen LogP contribution in [0.15, 0.2) is 47.4 Å². The predicted octanol–water partition coefficient (Wildman–Crippen LogP) is 2.12. The van der Waals surface area contributed by atoms with Crippen molar-refractivity contribution in [3.8, 4) is 11.8 Å². The first-order valence-electron chi connectivity index (χ1n) is 6.12. The second-order valence-electron chi connectivity index (χ2n) is 4.44. The van der Waals surface area contributed by atoms with E-state index >= 15 is 0 Å². The summed E-state index contributed by atoms with van der Waals surface area (Å²) in [6.07, 6.45) is 0. The molecule has 0 unspecified atom stereocenters. The van der Waals surface area contributed by atoms with Crippen LogP contribution in [0.1, 0.15) is 11.1 Å². The molecule has 0 aromatic heterocycles. The number of hydrogen-bond acceptors (Lipinski definition) is 5. The number of methoxy groups -OCH3 is 1. The van der Waals surface area contributed by atoms with Gasteiger partial charge in [-0.2, -0.15) is 5.26 Å². The van der Waals surface area contributed by atoms with E-state index in [0.717, 1.165) is 0 Å². The number of nitriles is 1. The highest BCUT2D eigenvalue weighted by Gasteiger charge is 2.21. The van der Waals surface area contributed by atoms with Crippen molar-refractivity contribution in [3.63, 3.8) is 0 Å². The topological polar surface area (TPSA) is 93.2 Å². The summed E-state index contributed by atoms with van der Waals surface area (Å²) in [5.74, 6) is -0.0683. The lowest BCUT2D eigenvalue weighted by molar-refractivity contribution is 0.403. The third-order valence-electron chi connectivity index (χ3n) is 3.01. The van der Waals surface area contributed by atoms with E-state index in [-0.39, 0.29) is 16.4 Å². The van der Waals surface area contributed by atoms with Crippen LogP contribution in [0.5, 0.6) is 5.75 Å². The summed E-state index contributed by atoms with van der Waals surface area (Å²) < 4.78 is 30.1. The van der Waals surface area contributed by atoms with Crippen LogP contribution in [-0.2, 0) is 15.6 Å². The van der Waals surface area contributed by atoms with Crippen molar-refractivity contribution in [1.29, 1.82) is 5.26 Å². The van der Waals surface area contributed by atoms with Crippen LogP contribution in [0.2, 0.25) is 0 Å². The lowest BCUT2D eigenvalue weighted by Gasteiger charge is -2.11. The van der Waals surface area contributed by atoms with Gasteiger partial charge < -0.3 is 10.5 Å². The first-order valence-corrected chi connectivity index (χ1v) is 7.77. The minimum Gasteiger partial charge on any atom is -0.495 e. The van der Waals surface area contributed by atoms with Crippen molar-refractivity contribution >= 4 is 15.5 Å². The van der Waals surface area contributed by atoms with Gasteiger partial charge in [0, 0.05) is 11.8 Å². The van der Waals surface area contributed by atoms with Crippen molar-refractivity contribution < 1.29 is 13.2 Å². The monoisotopic (exact) mass is 302 g/mol. The highest BCUT2D eigenvalue weighted by atomic mass is 32.2. The Hall–Kier alpha value is -2.52. The van der Waals surface area contributed by atoms with Crippen LogP contribution in [0, 0.1) is 11.3 Å². The Bertz CT molecular complexity index is 808. The maximum absolute atomic E-state index is 12.5. The van der Waals surface area contributed by atoms with Gasteiger partial charge in [-0.25, -0.2) is 8.42 Å². The van der Waals surface area contributed by atoms with Crippen LogP contribution < -0.4 is 10.5 Å². The molecule has 0 aliphatic rings. The molecule has 2 rings (SSSR count). The summed E-state index contributed by atoms with van der Waals surface area (Å²) in [6, 6.07) is 13.0. The van der Waals surface area contributed by atoms with Crippen LogP contribution in [0.3, 0.4) is 0 Å². The van der Waals surface area contributed by atoms with Gasteiger partial charge in [-0.15, -0.1) is 0 Å². The fourth-order valence-electron chi connectivity index (χ4n) is 1.98. The van der Waals surface area contributed by atoms with Gasteiger partial charge in [-0.3, -0.25) is 0 Å². The van der Waals surface area contributed by atoms with Crippen LogP contribution >= 0.6 is 0 Å². The molecular weight excluding hydrogens is 288 g/mol. The summed E-state index contributed by atoms with van der Waals surface area (Å²) in [6.45, 7) is 0. The van der Waals surface area contributed by atoms with Gasteiger partial charge in [0.2, 0.25) is 0 Å². The molecule has 0 aliphatic carbocycles. The van der Waals surface area contributed by atoms with E-state index in [4.69, 9.17) is 15.7 Å². The Morgan fingerprint density at radius 2 is 1.95 bits per heavy atom. The summed E-state index contributed by atoms with van der Waals surface area (Å²) in [7, 11) is -2.25. The molecule has 0 saturated carbocycles. The lowest BCUT2D eigenvalue weighted by Crippen LogP contribution is -2.08. The molecule has 21 heavy (non-hydrogen) atoms. The minimum atomic E-state index is -3.64. The zero-order valence-electron chi connectivity index (χ0n) is 11.4. The zero-order chi connectivity index (χ0) is 15.5. The summed E-state index contributed by atoms with van der Waals surface area (Å²) in [5, 5.41) is 9.04. The molecular formula is C15H14N2O3S. The third kappa shape index (κ3) is 3.15. The molecule has 0 amide bonds. The summed E-state index contributed by atoms with van der Waals surface area (Å²) in [5.41, 5.74) is 6.85. The van der Waals surface area contributed by atoms with E-state index in [2.05, 4.69) is 0 Å². The van der Waals surface area contributed by atoms with Crippen LogP contribution in [0.25, 0.3) is 0 Å². The average molecular weight is 302 g/mol. The Morgan fingerprint density at radius 3 is 2.62 bits per heavy atom. The van der Waals surface area contributed by atoms with Gasteiger partial charge in [0.1, 0.15) is 10.6 Å². The van der Waals surface area contributed by atoms with Gasteiger partial charge in [0.25, 0.3) is 0 Å². The number of rotatable bonds is 4. The number of sulfone groups is 1. The van der Waals surface area contributed by atoms with Gasteiger partial charge in [-0.1, -0.05) is 18.2 Å². The molecule has 2 N–H and O–H groups in total. The number of nitrogens with zero attached hydrogens (tertiary/aromatic N) is 1. The number of anilines is 1. The van der Waals surface area contributed by atoms with Crippen molar-refractivity contribution in [2.75, 3.05) is 12.8 Å². The number of hydrogen-bond donors (Lipinski definition) is 1. The Morgan fingerprint density at radius 1 is 1.24 bits per heavy atom. The van der Waals surface area contributed by atoms with Crippen molar-refractivity contribution in [1.82, 2.24) is 0 Å². The maximum Gasteiger partial charge on any atom is 0.186 e. The molecule has 0 fully saturated rings. The van der Waals surface area contributed by atoms with E-state index in [1.165, 1.54) is 25.3 Å². The predicted molar refractivity (Wildman–Crippen MR) is 79.5 cm³/mol. The maximum atomic E-state index is 12.5. The second-order valence-corrected chi connectivity index (χ2v) is 6.40. The number of benzene rings is 2. The molecule has 5 nitrogen and oxygen atoms in total. The number of ether oxygens (including phenoxy) is 1. The smallest absolute Gasteiger partial charge is 0.186 e. The molecule has 0 heterocycles. The van der Waals surface area contributed by atoms with Crippen LogP contribution in [-0.4, -0.2) is 15.5 Å². The number of nitrogens with two attached hydrogens (primary N) is 1. The largest absolute Gasteiger partial charge is 0.495 e. The highest BCUT2D eigenvalue weighted by molar-refractivity contribution is 7.90. The van der Waals surface area contributed by atoms with E-state index in [0.29, 0.717) is 16.8 Å². The molecule has 0 aliphatic heterocycles. The average Bonchev–Trinajstić information content (AvgIpc) is 2.47. The zero-order valence-corrected chi connectivity index (χ0v) is 12.2. The molecule has 6 heteroatoms. The summed E-state index contributed by atoms with van der Waals surface area (Å²) in [4.78, 5) is 0.0620. The fraction of sp³-hybridized carbons (Fsp3) is 0.133. The highest BCUT2D eigenvalue weighted by Crippen LogP contribution is 2.29. The Labute approximate surface area is 123 Å². The van der Waals surface area contributed by atoms with Crippen molar-refractivity contribution in [2.24, 2.45) is 0 Å². The van der Waals surface area contributed by atoms with Gasteiger partial charge in [0.05, 0.1) is 24.5 Å².